The standard InChI is InChI=1S/C14H26N2O3/c1-10(12-6-5-7-18-12)15-11-8-16(9-11)13(17)19-14(2,3)4/h10-12,15H,5-9H2,1-4H3. The summed E-state index contributed by atoms with van der Waals surface area (Å²) in [5, 5.41) is 3.53. The summed E-state index contributed by atoms with van der Waals surface area (Å²) in [4.78, 5) is 13.5. The summed E-state index contributed by atoms with van der Waals surface area (Å²) in [5.41, 5.74) is -0.416. The second-order valence-electron chi connectivity index (χ2n) is 6.59. The van der Waals surface area contributed by atoms with Gasteiger partial charge in [-0.3, -0.25) is 0 Å². The molecule has 1 N–H and O–H groups in total. The lowest BCUT2D eigenvalue weighted by atomic mass is 10.1. The Hall–Kier alpha value is -0.810. The molecule has 19 heavy (non-hydrogen) atoms. The third-order valence-corrected chi connectivity index (χ3v) is 3.55. The second-order valence-corrected chi connectivity index (χ2v) is 6.59. The van der Waals surface area contributed by atoms with Gasteiger partial charge in [-0.1, -0.05) is 0 Å². The minimum absolute atomic E-state index is 0.213. The smallest absolute Gasteiger partial charge is 0.410 e. The summed E-state index contributed by atoms with van der Waals surface area (Å²) in [6.45, 7) is 10.2. The van der Waals surface area contributed by atoms with Gasteiger partial charge in [-0.2, -0.15) is 0 Å². The normalized spacial score (nSPS) is 26.1. The Balaban J connectivity index is 1.67. The number of nitrogens with zero attached hydrogens (tertiary/aromatic N) is 1. The summed E-state index contributed by atoms with van der Waals surface area (Å²) >= 11 is 0. The van der Waals surface area contributed by atoms with Crippen molar-refractivity contribution in [3.8, 4) is 0 Å². The van der Waals surface area contributed by atoms with Gasteiger partial charge in [0, 0.05) is 31.8 Å². The minimum Gasteiger partial charge on any atom is -0.444 e. The first-order chi connectivity index (χ1) is 8.85. The van der Waals surface area contributed by atoms with Crippen LogP contribution < -0.4 is 5.32 Å². The first-order valence-corrected chi connectivity index (χ1v) is 7.21. The zero-order chi connectivity index (χ0) is 14.0. The predicted octanol–water partition coefficient (Wildman–Crippen LogP) is 1.76. The van der Waals surface area contributed by atoms with Crippen LogP contribution in [0.3, 0.4) is 0 Å². The lowest BCUT2D eigenvalue weighted by Crippen LogP contribution is -2.63. The molecular formula is C14H26N2O3. The number of likely N-dealkylation sites (tertiary alicyclic amines) is 1. The molecule has 0 aliphatic carbocycles. The van der Waals surface area contributed by atoms with Crippen LogP contribution in [0.4, 0.5) is 4.79 Å². The molecular weight excluding hydrogens is 244 g/mol. The zero-order valence-electron chi connectivity index (χ0n) is 12.4. The maximum atomic E-state index is 11.8. The van der Waals surface area contributed by atoms with E-state index in [9.17, 15) is 4.79 Å². The Morgan fingerprint density at radius 1 is 1.42 bits per heavy atom. The van der Waals surface area contributed by atoms with E-state index in [-0.39, 0.29) is 6.09 Å². The maximum absolute atomic E-state index is 11.8. The van der Waals surface area contributed by atoms with Crippen LogP contribution in [0.2, 0.25) is 0 Å². The Labute approximate surface area is 115 Å². The van der Waals surface area contributed by atoms with Crippen LogP contribution in [0.25, 0.3) is 0 Å². The number of nitrogens with one attached hydrogen (secondary N) is 1. The molecule has 2 rings (SSSR count). The Bertz CT molecular complexity index is 315. The fraction of sp³-hybridized carbons (Fsp3) is 0.929. The molecule has 2 unspecified atom stereocenters. The van der Waals surface area contributed by atoms with E-state index in [4.69, 9.17) is 9.47 Å². The van der Waals surface area contributed by atoms with E-state index >= 15 is 0 Å². The van der Waals surface area contributed by atoms with Gasteiger partial charge >= 0.3 is 6.09 Å². The molecule has 0 aromatic rings. The lowest BCUT2D eigenvalue weighted by molar-refractivity contribution is 0.000698. The van der Waals surface area contributed by atoms with Crippen molar-refractivity contribution in [3.63, 3.8) is 0 Å². The largest absolute Gasteiger partial charge is 0.444 e. The van der Waals surface area contributed by atoms with Gasteiger partial charge < -0.3 is 19.7 Å². The summed E-state index contributed by atoms with van der Waals surface area (Å²) < 4.78 is 11.0. The van der Waals surface area contributed by atoms with E-state index in [1.807, 2.05) is 20.8 Å². The molecule has 0 saturated carbocycles. The van der Waals surface area contributed by atoms with Crippen LogP contribution in [0, 0.1) is 0 Å². The van der Waals surface area contributed by atoms with Crippen LogP contribution in [0.5, 0.6) is 0 Å². The monoisotopic (exact) mass is 270 g/mol. The molecule has 2 fully saturated rings. The SMILES string of the molecule is CC(NC1CN(C(=O)OC(C)(C)C)C1)C1CCCO1. The van der Waals surface area contributed by atoms with Crippen molar-refractivity contribution < 1.29 is 14.3 Å². The number of carbonyl (C=O) groups excluding carboxylic acids is 1. The molecule has 0 spiro atoms. The van der Waals surface area contributed by atoms with E-state index in [1.54, 1.807) is 4.90 Å². The van der Waals surface area contributed by atoms with Gasteiger partial charge in [0.05, 0.1) is 6.10 Å². The molecule has 0 aromatic carbocycles. The minimum atomic E-state index is -0.416. The van der Waals surface area contributed by atoms with Crippen LogP contribution in [0.1, 0.15) is 40.5 Å². The van der Waals surface area contributed by atoms with Gasteiger partial charge in [0.25, 0.3) is 0 Å². The molecule has 0 radical (unpaired) electrons. The second kappa shape index (κ2) is 5.67. The fourth-order valence-electron chi connectivity index (χ4n) is 2.54. The van der Waals surface area contributed by atoms with Crippen LogP contribution in [-0.4, -0.2) is 54.5 Å². The van der Waals surface area contributed by atoms with Crippen LogP contribution in [-0.2, 0) is 9.47 Å². The first kappa shape index (κ1) is 14.6. The van der Waals surface area contributed by atoms with Crippen molar-refractivity contribution >= 4 is 6.09 Å². The molecule has 110 valence electrons. The van der Waals surface area contributed by atoms with Crippen molar-refractivity contribution in [2.24, 2.45) is 0 Å². The third-order valence-electron chi connectivity index (χ3n) is 3.55. The first-order valence-electron chi connectivity index (χ1n) is 7.21. The molecule has 5 heteroatoms. The highest BCUT2D eigenvalue weighted by Gasteiger charge is 2.35. The summed E-state index contributed by atoms with van der Waals surface area (Å²) in [7, 11) is 0. The van der Waals surface area contributed by atoms with E-state index in [1.165, 1.54) is 0 Å². The van der Waals surface area contributed by atoms with Gasteiger partial charge in [-0.15, -0.1) is 0 Å². The van der Waals surface area contributed by atoms with Crippen LogP contribution >= 0.6 is 0 Å². The average Bonchev–Trinajstić information content (AvgIpc) is 2.72. The lowest BCUT2D eigenvalue weighted by Gasteiger charge is -2.42. The molecule has 2 aliphatic rings. The highest BCUT2D eigenvalue weighted by molar-refractivity contribution is 5.69. The van der Waals surface area contributed by atoms with Crippen LogP contribution in [0.15, 0.2) is 0 Å². The van der Waals surface area contributed by atoms with Crippen molar-refractivity contribution in [3.05, 3.63) is 0 Å². The molecule has 1 amide bonds. The quantitative estimate of drug-likeness (QED) is 0.849. The Morgan fingerprint density at radius 2 is 2.11 bits per heavy atom. The number of rotatable bonds is 3. The number of ether oxygens (including phenoxy) is 2. The van der Waals surface area contributed by atoms with E-state index in [0.29, 0.717) is 18.2 Å². The highest BCUT2D eigenvalue weighted by atomic mass is 16.6. The maximum Gasteiger partial charge on any atom is 0.410 e. The van der Waals surface area contributed by atoms with Crippen molar-refractivity contribution in [1.82, 2.24) is 10.2 Å². The molecule has 2 aliphatic heterocycles. The summed E-state index contributed by atoms with van der Waals surface area (Å²) in [5.74, 6) is 0. The molecule has 0 aromatic heterocycles. The van der Waals surface area contributed by atoms with Crippen molar-refractivity contribution in [1.29, 1.82) is 0 Å². The average molecular weight is 270 g/mol. The number of hydrogen-bond donors (Lipinski definition) is 1. The van der Waals surface area contributed by atoms with Gasteiger partial charge in [0.15, 0.2) is 0 Å². The molecule has 5 nitrogen and oxygen atoms in total. The number of carbonyl (C=O) groups is 1. The van der Waals surface area contributed by atoms with Gasteiger partial charge in [-0.05, 0) is 40.5 Å². The number of hydrogen-bond acceptors (Lipinski definition) is 4. The molecule has 2 heterocycles. The molecule has 2 atom stereocenters. The van der Waals surface area contributed by atoms with Gasteiger partial charge in [-0.25, -0.2) is 4.79 Å². The third kappa shape index (κ3) is 4.08. The van der Waals surface area contributed by atoms with Crippen molar-refractivity contribution in [2.45, 2.75) is 64.3 Å². The fourth-order valence-corrected chi connectivity index (χ4v) is 2.54. The Kier molecular flexibility index (Phi) is 4.36. The summed E-state index contributed by atoms with van der Waals surface area (Å²) in [6, 6.07) is 0.722. The Morgan fingerprint density at radius 3 is 2.63 bits per heavy atom. The molecule has 2 saturated heterocycles. The number of amides is 1. The molecule has 0 bridgehead atoms. The predicted molar refractivity (Wildman–Crippen MR) is 73.2 cm³/mol. The van der Waals surface area contributed by atoms with E-state index in [0.717, 1.165) is 32.5 Å². The van der Waals surface area contributed by atoms with E-state index < -0.39 is 5.60 Å². The van der Waals surface area contributed by atoms with Crippen molar-refractivity contribution in [2.75, 3.05) is 19.7 Å². The van der Waals surface area contributed by atoms with Gasteiger partial charge in [0.1, 0.15) is 5.60 Å². The summed E-state index contributed by atoms with van der Waals surface area (Å²) in [6.07, 6.45) is 2.41. The topological polar surface area (TPSA) is 50.8 Å². The van der Waals surface area contributed by atoms with E-state index in [2.05, 4.69) is 12.2 Å². The van der Waals surface area contributed by atoms with Gasteiger partial charge in [0.2, 0.25) is 0 Å². The zero-order valence-corrected chi connectivity index (χ0v) is 12.4. The highest BCUT2D eigenvalue weighted by Crippen LogP contribution is 2.19.